The van der Waals surface area contributed by atoms with Crippen molar-refractivity contribution in [3.63, 3.8) is 0 Å². The summed E-state index contributed by atoms with van der Waals surface area (Å²) in [5, 5.41) is 3.20. The summed E-state index contributed by atoms with van der Waals surface area (Å²) in [6.45, 7) is 2.34. The molecule has 0 aliphatic heterocycles. The van der Waals surface area contributed by atoms with E-state index in [1.807, 2.05) is 6.92 Å². The van der Waals surface area contributed by atoms with Crippen LogP contribution in [0.5, 0.6) is 5.75 Å². The minimum absolute atomic E-state index is 0.162. The molecule has 0 bridgehead atoms. The van der Waals surface area contributed by atoms with E-state index < -0.39 is 5.91 Å². The molecule has 3 N–H and O–H groups in total. The van der Waals surface area contributed by atoms with Gasteiger partial charge in [0.2, 0.25) is 0 Å². The average molecular weight is 292 g/mol. The molecule has 0 aliphatic rings. The smallest absolute Gasteiger partial charge is 0.276 e. The van der Waals surface area contributed by atoms with Gasteiger partial charge < -0.3 is 15.8 Å². The molecule has 6 heteroatoms. The third-order valence-corrected chi connectivity index (χ3v) is 2.78. The Kier molecular flexibility index (Phi) is 4.42. The minimum atomic E-state index is -0.411. The lowest BCUT2D eigenvalue weighted by molar-refractivity contribution is 0.102. The molecule has 2 aromatic rings. The van der Waals surface area contributed by atoms with Gasteiger partial charge in [0, 0.05) is 11.2 Å². The second-order valence-corrected chi connectivity index (χ2v) is 4.41. The van der Waals surface area contributed by atoms with Crippen LogP contribution in [0, 0.1) is 0 Å². The molecule has 5 nitrogen and oxygen atoms in total. The van der Waals surface area contributed by atoms with Crippen LogP contribution >= 0.6 is 11.6 Å². The molecule has 0 fully saturated rings. The van der Waals surface area contributed by atoms with Crippen LogP contribution in [-0.2, 0) is 0 Å². The summed E-state index contributed by atoms with van der Waals surface area (Å²) in [6, 6.07) is 8.28. The largest absolute Gasteiger partial charge is 0.492 e. The molecule has 0 saturated heterocycles. The van der Waals surface area contributed by atoms with Crippen LogP contribution in [0.3, 0.4) is 0 Å². The Morgan fingerprint density at radius 2 is 2.25 bits per heavy atom. The molecule has 1 amide bonds. The van der Waals surface area contributed by atoms with Crippen LogP contribution in [0.1, 0.15) is 17.4 Å². The topological polar surface area (TPSA) is 77.2 Å². The van der Waals surface area contributed by atoms with E-state index in [0.29, 0.717) is 28.8 Å². The molecule has 0 radical (unpaired) electrons. The van der Waals surface area contributed by atoms with Gasteiger partial charge in [-0.3, -0.25) is 4.79 Å². The molecule has 1 heterocycles. The first-order valence-corrected chi connectivity index (χ1v) is 6.43. The van der Waals surface area contributed by atoms with Crippen molar-refractivity contribution in [3.8, 4) is 5.75 Å². The van der Waals surface area contributed by atoms with Crippen molar-refractivity contribution in [3.05, 3.63) is 47.2 Å². The van der Waals surface area contributed by atoms with E-state index in [2.05, 4.69) is 10.3 Å². The van der Waals surface area contributed by atoms with Crippen LogP contribution in [0.2, 0.25) is 5.02 Å². The summed E-state index contributed by atoms with van der Waals surface area (Å²) in [4.78, 5) is 16.1. The predicted molar refractivity (Wildman–Crippen MR) is 79.2 cm³/mol. The lowest BCUT2D eigenvalue weighted by atomic mass is 10.2. The molecular weight excluding hydrogens is 278 g/mol. The SMILES string of the molecule is CCOc1ccc(Cl)cc1NC(=O)c1ncccc1N. The fraction of sp³-hybridized carbons (Fsp3) is 0.143. The second-order valence-electron chi connectivity index (χ2n) is 3.97. The number of amides is 1. The quantitative estimate of drug-likeness (QED) is 0.908. The highest BCUT2D eigenvalue weighted by molar-refractivity contribution is 6.31. The van der Waals surface area contributed by atoms with Crippen molar-refractivity contribution >= 4 is 28.9 Å². The van der Waals surface area contributed by atoms with Gasteiger partial charge in [-0.25, -0.2) is 4.98 Å². The minimum Gasteiger partial charge on any atom is -0.492 e. The van der Waals surface area contributed by atoms with E-state index in [-0.39, 0.29) is 5.69 Å². The third-order valence-electron chi connectivity index (χ3n) is 2.54. The van der Waals surface area contributed by atoms with Crippen molar-refractivity contribution in [2.24, 2.45) is 0 Å². The first-order valence-electron chi connectivity index (χ1n) is 6.06. The normalized spacial score (nSPS) is 10.1. The van der Waals surface area contributed by atoms with Gasteiger partial charge in [-0.1, -0.05) is 11.6 Å². The zero-order chi connectivity index (χ0) is 14.5. The first-order chi connectivity index (χ1) is 9.61. The van der Waals surface area contributed by atoms with Gasteiger partial charge >= 0.3 is 0 Å². The van der Waals surface area contributed by atoms with Gasteiger partial charge in [0.1, 0.15) is 5.75 Å². The van der Waals surface area contributed by atoms with Crippen molar-refractivity contribution in [1.82, 2.24) is 4.98 Å². The number of ether oxygens (including phenoxy) is 1. The third kappa shape index (κ3) is 3.19. The van der Waals surface area contributed by atoms with E-state index >= 15 is 0 Å². The van der Waals surface area contributed by atoms with Crippen LogP contribution in [0.4, 0.5) is 11.4 Å². The van der Waals surface area contributed by atoms with Crippen LogP contribution in [0.25, 0.3) is 0 Å². The Morgan fingerprint density at radius 3 is 2.95 bits per heavy atom. The van der Waals surface area contributed by atoms with Crippen molar-refractivity contribution < 1.29 is 9.53 Å². The molecule has 0 spiro atoms. The fourth-order valence-electron chi connectivity index (χ4n) is 1.67. The van der Waals surface area contributed by atoms with E-state index in [1.165, 1.54) is 6.20 Å². The fourth-order valence-corrected chi connectivity index (χ4v) is 1.84. The molecule has 20 heavy (non-hydrogen) atoms. The number of nitrogens with zero attached hydrogens (tertiary/aromatic N) is 1. The maximum absolute atomic E-state index is 12.2. The Balaban J connectivity index is 2.27. The van der Waals surface area contributed by atoms with E-state index in [1.54, 1.807) is 30.3 Å². The Labute approximate surface area is 121 Å². The highest BCUT2D eigenvalue weighted by Gasteiger charge is 2.14. The molecule has 0 saturated carbocycles. The number of aromatic nitrogens is 1. The summed E-state index contributed by atoms with van der Waals surface area (Å²) in [6.07, 6.45) is 1.51. The maximum atomic E-state index is 12.2. The maximum Gasteiger partial charge on any atom is 0.276 e. The van der Waals surface area contributed by atoms with E-state index in [0.717, 1.165) is 0 Å². The summed E-state index contributed by atoms with van der Waals surface area (Å²) in [5.41, 5.74) is 6.67. The number of hydrogen-bond donors (Lipinski definition) is 2. The van der Waals surface area contributed by atoms with Crippen LogP contribution < -0.4 is 15.8 Å². The average Bonchev–Trinajstić information content (AvgIpc) is 2.42. The molecular formula is C14H14ClN3O2. The number of anilines is 2. The predicted octanol–water partition coefficient (Wildman–Crippen LogP) is 2.97. The molecule has 1 aromatic carbocycles. The molecule has 1 aromatic heterocycles. The van der Waals surface area contributed by atoms with Crippen LogP contribution in [0.15, 0.2) is 36.5 Å². The number of benzene rings is 1. The van der Waals surface area contributed by atoms with Gasteiger partial charge in [0.25, 0.3) is 5.91 Å². The van der Waals surface area contributed by atoms with Crippen molar-refractivity contribution in [1.29, 1.82) is 0 Å². The van der Waals surface area contributed by atoms with E-state index in [4.69, 9.17) is 22.1 Å². The highest BCUT2D eigenvalue weighted by Crippen LogP contribution is 2.28. The Bertz CT molecular complexity index is 632. The Hall–Kier alpha value is -2.27. The lowest BCUT2D eigenvalue weighted by Crippen LogP contribution is -2.16. The summed E-state index contributed by atoms with van der Waals surface area (Å²) >= 11 is 5.93. The van der Waals surface area contributed by atoms with Gasteiger partial charge in [0.15, 0.2) is 5.69 Å². The molecule has 2 rings (SSSR count). The number of carbonyl (C=O) groups excluding carboxylic acids is 1. The monoisotopic (exact) mass is 291 g/mol. The van der Waals surface area contributed by atoms with Crippen molar-refractivity contribution in [2.75, 3.05) is 17.7 Å². The molecule has 0 aliphatic carbocycles. The zero-order valence-corrected chi connectivity index (χ0v) is 11.6. The summed E-state index contributed by atoms with van der Waals surface area (Å²) in [5.74, 6) is 0.131. The number of halogens is 1. The summed E-state index contributed by atoms with van der Waals surface area (Å²) < 4.78 is 5.43. The molecule has 104 valence electrons. The van der Waals surface area contributed by atoms with Gasteiger partial charge in [-0.15, -0.1) is 0 Å². The first kappa shape index (κ1) is 14.1. The zero-order valence-electron chi connectivity index (χ0n) is 10.9. The molecule has 0 atom stereocenters. The standard InChI is InChI=1S/C14H14ClN3O2/c1-2-20-12-6-5-9(15)8-11(12)18-14(19)13-10(16)4-3-7-17-13/h3-8H,2,16H2,1H3,(H,18,19). The number of carbonyl (C=O) groups is 1. The number of rotatable bonds is 4. The number of pyridine rings is 1. The number of nitrogen functional groups attached to an aromatic ring is 1. The number of nitrogens with one attached hydrogen (secondary N) is 1. The highest BCUT2D eigenvalue weighted by atomic mass is 35.5. The van der Waals surface area contributed by atoms with Gasteiger partial charge in [-0.2, -0.15) is 0 Å². The number of nitrogens with two attached hydrogens (primary N) is 1. The lowest BCUT2D eigenvalue weighted by Gasteiger charge is -2.12. The Morgan fingerprint density at radius 1 is 1.45 bits per heavy atom. The van der Waals surface area contributed by atoms with Gasteiger partial charge in [-0.05, 0) is 37.3 Å². The van der Waals surface area contributed by atoms with Crippen LogP contribution in [-0.4, -0.2) is 17.5 Å². The second kappa shape index (κ2) is 6.25. The van der Waals surface area contributed by atoms with E-state index in [9.17, 15) is 4.79 Å². The van der Waals surface area contributed by atoms with Crippen molar-refractivity contribution in [2.45, 2.75) is 6.92 Å². The molecule has 0 unspecified atom stereocenters. The number of hydrogen-bond acceptors (Lipinski definition) is 4. The summed E-state index contributed by atoms with van der Waals surface area (Å²) in [7, 11) is 0. The van der Waals surface area contributed by atoms with Gasteiger partial charge in [0.05, 0.1) is 18.0 Å².